The van der Waals surface area contributed by atoms with Gasteiger partial charge in [-0.05, 0) is 30.7 Å². The van der Waals surface area contributed by atoms with E-state index in [4.69, 9.17) is 23.2 Å². The molecule has 0 bridgehead atoms. The Morgan fingerprint density at radius 3 is 2.35 bits per heavy atom. The zero-order valence-corrected chi connectivity index (χ0v) is 11.0. The summed E-state index contributed by atoms with van der Waals surface area (Å²) in [6.45, 7) is 2.85. The van der Waals surface area contributed by atoms with Gasteiger partial charge in [-0.25, -0.2) is 0 Å². The van der Waals surface area contributed by atoms with Crippen molar-refractivity contribution in [2.75, 3.05) is 5.32 Å². The number of hydrogen-bond acceptors (Lipinski definition) is 1. The Morgan fingerprint density at radius 2 is 1.71 bits per heavy atom. The van der Waals surface area contributed by atoms with Crippen molar-refractivity contribution in [3.05, 3.63) is 63.6 Å². The molecule has 0 saturated carbocycles. The topological polar surface area (TPSA) is 12.0 Å². The molecular formula is C14H13Cl2N. The average Bonchev–Trinajstić information content (AvgIpc) is 2.25. The summed E-state index contributed by atoms with van der Waals surface area (Å²) in [5, 5.41) is 4.59. The van der Waals surface area contributed by atoms with Crippen molar-refractivity contribution >= 4 is 28.9 Å². The highest BCUT2D eigenvalue weighted by Gasteiger charge is 1.98. The molecule has 0 spiro atoms. The first-order chi connectivity index (χ1) is 8.13. The second-order valence-electron chi connectivity index (χ2n) is 4.00. The maximum atomic E-state index is 5.93. The SMILES string of the molecule is Cc1cccc(CNc2cc(Cl)cc(Cl)c2)c1. The number of halogens is 2. The van der Waals surface area contributed by atoms with Gasteiger partial charge >= 0.3 is 0 Å². The van der Waals surface area contributed by atoms with Gasteiger partial charge in [0.1, 0.15) is 0 Å². The molecule has 0 radical (unpaired) electrons. The summed E-state index contributed by atoms with van der Waals surface area (Å²) >= 11 is 11.9. The van der Waals surface area contributed by atoms with E-state index in [1.165, 1.54) is 11.1 Å². The average molecular weight is 266 g/mol. The Hall–Kier alpha value is -1.18. The number of aryl methyl sites for hydroxylation is 1. The van der Waals surface area contributed by atoms with E-state index in [2.05, 4.69) is 36.5 Å². The van der Waals surface area contributed by atoms with Gasteiger partial charge in [0, 0.05) is 22.3 Å². The van der Waals surface area contributed by atoms with E-state index in [9.17, 15) is 0 Å². The van der Waals surface area contributed by atoms with Crippen molar-refractivity contribution in [3.8, 4) is 0 Å². The summed E-state index contributed by atoms with van der Waals surface area (Å²) in [5.41, 5.74) is 3.43. The van der Waals surface area contributed by atoms with Crippen LogP contribution in [0.3, 0.4) is 0 Å². The van der Waals surface area contributed by atoms with Gasteiger partial charge in [0.2, 0.25) is 0 Å². The number of anilines is 1. The van der Waals surface area contributed by atoms with Crippen molar-refractivity contribution in [1.82, 2.24) is 0 Å². The molecule has 2 aromatic carbocycles. The standard InChI is InChI=1S/C14H13Cl2N/c1-10-3-2-4-11(5-10)9-17-14-7-12(15)6-13(16)8-14/h2-8,17H,9H2,1H3. The second kappa shape index (κ2) is 5.44. The maximum absolute atomic E-state index is 5.93. The molecule has 88 valence electrons. The molecule has 0 aliphatic rings. The van der Waals surface area contributed by atoms with E-state index in [1.54, 1.807) is 6.07 Å². The number of benzene rings is 2. The van der Waals surface area contributed by atoms with E-state index in [-0.39, 0.29) is 0 Å². The molecule has 17 heavy (non-hydrogen) atoms. The van der Waals surface area contributed by atoms with E-state index in [0.717, 1.165) is 12.2 Å². The summed E-state index contributed by atoms with van der Waals surface area (Å²) in [7, 11) is 0. The molecule has 0 aromatic heterocycles. The van der Waals surface area contributed by atoms with Crippen molar-refractivity contribution in [1.29, 1.82) is 0 Å². The third-order valence-corrected chi connectivity index (χ3v) is 2.88. The third-order valence-electron chi connectivity index (χ3n) is 2.44. The largest absolute Gasteiger partial charge is 0.381 e. The highest BCUT2D eigenvalue weighted by Crippen LogP contribution is 2.22. The van der Waals surface area contributed by atoms with Crippen molar-refractivity contribution in [2.45, 2.75) is 13.5 Å². The third kappa shape index (κ3) is 3.65. The van der Waals surface area contributed by atoms with Gasteiger partial charge in [0.15, 0.2) is 0 Å². The Labute approximate surface area is 111 Å². The lowest BCUT2D eigenvalue weighted by Gasteiger charge is -2.08. The van der Waals surface area contributed by atoms with Crippen LogP contribution in [-0.2, 0) is 6.54 Å². The van der Waals surface area contributed by atoms with Crippen molar-refractivity contribution in [3.63, 3.8) is 0 Å². The van der Waals surface area contributed by atoms with Crippen molar-refractivity contribution < 1.29 is 0 Å². The van der Waals surface area contributed by atoms with Crippen LogP contribution in [0.25, 0.3) is 0 Å². The van der Waals surface area contributed by atoms with Crippen LogP contribution in [0.15, 0.2) is 42.5 Å². The van der Waals surface area contributed by atoms with Gasteiger partial charge in [0.25, 0.3) is 0 Å². The van der Waals surface area contributed by atoms with Gasteiger partial charge in [0.05, 0.1) is 0 Å². The monoisotopic (exact) mass is 265 g/mol. The van der Waals surface area contributed by atoms with Crippen LogP contribution < -0.4 is 5.32 Å². The molecular weight excluding hydrogens is 253 g/mol. The normalized spacial score (nSPS) is 10.3. The van der Waals surface area contributed by atoms with Gasteiger partial charge in [-0.1, -0.05) is 53.0 Å². The highest BCUT2D eigenvalue weighted by atomic mass is 35.5. The Kier molecular flexibility index (Phi) is 3.93. The molecule has 0 heterocycles. The lowest BCUT2D eigenvalue weighted by molar-refractivity contribution is 1.14. The fourth-order valence-corrected chi connectivity index (χ4v) is 2.21. The van der Waals surface area contributed by atoms with Crippen LogP contribution in [0.5, 0.6) is 0 Å². The summed E-state index contributed by atoms with van der Waals surface area (Å²) in [5.74, 6) is 0. The van der Waals surface area contributed by atoms with Crippen LogP contribution >= 0.6 is 23.2 Å². The Balaban J connectivity index is 2.07. The molecule has 2 rings (SSSR count). The Morgan fingerprint density at radius 1 is 1.00 bits per heavy atom. The molecule has 0 saturated heterocycles. The molecule has 0 aliphatic carbocycles. The molecule has 0 atom stereocenters. The minimum Gasteiger partial charge on any atom is -0.381 e. The van der Waals surface area contributed by atoms with E-state index >= 15 is 0 Å². The minimum absolute atomic E-state index is 0.643. The zero-order valence-electron chi connectivity index (χ0n) is 9.50. The smallest absolute Gasteiger partial charge is 0.0441 e. The molecule has 0 aliphatic heterocycles. The lowest BCUT2D eigenvalue weighted by atomic mass is 10.1. The summed E-state index contributed by atoms with van der Waals surface area (Å²) in [6, 6.07) is 13.8. The second-order valence-corrected chi connectivity index (χ2v) is 4.87. The van der Waals surface area contributed by atoms with Gasteiger partial charge in [-0.2, -0.15) is 0 Å². The molecule has 0 amide bonds. The molecule has 1 nitrogen and oxygen atoms in total. The molecule has 2 aromatic rings. The van der Waals surface area contributed by atoms with E-state index in [0.29, 0.717) is 10.0 Å². The fourth-order valence-electron chi connectivity index (χ4n) is 1.68. The number of hydrogen-bond donors (Lipinski definition) is 1. The van der Waals surface area contributed by atoms with Crippen LogP contribution in [-0.4, -0.2) is 0 Å². The summed E-state index contributed by atoms with van der Waals surface area (Å²) in [4.78, 5) is 0. The van der Waals surface area contributed by atoms with Crippen LogP contribution in [0, 0.1) is 6.92 Å². The first kappa shape index (κ1) is 12.3. The van der Waals surface area contributed by atoms with E-state index in [1.807, 2.05) is 12.1 Å². The highest BCUT2D eigenvalue weighted by molar-refractivity contribution is 6.35. The molecule has 0 unspecified atom stereocenters. The van der Waals surface area contributed by atoms with Crippen LogP contribution in [0.1, 0.15) is 11.1 Å². The lowest BCUT2D eigenvalue weighted by Crippen LogP contribution is -1.99. The van der Waals surface area contributed by atoms with Gasteiger partial charge < -0.3 is 5.32 Å². The zero-order chi connectivity index (χ0) is 12.3. The first-order valence-corrected chi connectivity index (χ1v) is 6.14. The number of rotatable bonds is 3. The molecule has 1 N–H and O–H groups in total. The summed E-state index contributed by atoms with van der Waals surface area (Å²) in [6.07, 6.45) is 0. The molecule has 0 fully saturated rings. The maximum Gasteiger partial charge on any atom is 0.0441 e. The van der Waals surface area contributed by atoms with Gasteiger partial charge in [-0.3, -0.25) is 0 Å². The Bertz CT molecular complexity index is 503. The first-order valence-electron chi connectivity index (χ1n) is 5.39. The predicted octanol–water partition coefficient (Wildman–Crippen LogP) is 4.91. The molecule has 3 heteroatoms. The van der Waals surface area contributed by atoms with Gasteiger partial charge in [-0.15, -0.1) is 0 Å². The van der Waals surface area contributed by atoms with E-state index < -0.39 is 0 Å². The van der Waals surface area contributed by atoms with Crippen LogP contribution in [0.4, 0.5) is 5.69 Å². The van der Waals surface area contributed by atoms with Crippen molar-refractivity contribution in [2.24, 2.45) is 0 Å². The summed E-state index contributed by atoms with van der Waals surface area (Å²) < 4.78 is 0. The fraction of sp³-hybridized carbons (Fsp3) is 0.143. The predicted molar refractivity (Wildman–Crippen MR) is 75.0 cm³/mol. The van der Waals surface area contributed by atoms with Crippen LogP contribution in [0.2, 0.25) is 10.0 Å². The quantitative estimate of drug-likeness (QED) is 0.831. The number of nitrogens with one attached hydrogen (secondary N) is 1. The minimum atomic E-state index is 0.643.